The molecule has 0 saturated heterocycles. The molecule has 1 rings (SSSR count). The summed E-state index contributed by atoms with van der Waals surface area (Å²) in [5.74, 6) is -1.65. The van der Waals surface area contributed by atoms with Crippen molar-refractivity contribution in [1.29, 1.82) is 0 Å². The maximum atomic E-state index is 14.0. The molecule has 0 aliphatic carbocycles. The third kappa shape index (κ3) is 4.11. The summed E-state index contributed by atoms with van der Waals surface area (Å²) in [5, 5.41) is 2.73. The van der Waals surface area contributed by atoms with Crippen molar-refractivity contribution < 1.29 is 18.0 Å². The minimum atomic E-state index is -2.66. The fraction of sp³-hybridized carbons (Fsp3) is 0.500. The monoisotopic (exact) mass is 275 g/mol. The van der Waals surface area contributed by atoms with E-state index in [0.717, 1.165) is 11.3 Å². The first-order chi connectivity index (χ1) is 8.97. The maximum absolute atomic E-state index is 14.0. The van der Waals surface area contributed by atoms with E-state index in [1.807, 2.05) is 6.92 Å². The molecule has 0 saturated carbocycles. The van der Waals surface area contributed by atoms with Gasteiger partial charge in [0.05, 0.1) is 12.1 Å². The molecule has 0 fully saturated rings. The highest BCUT2D eigenvalue weighted by atomic mass is 19.3. The predicted molar refractivity (Wildman–Crippen MR) is 65.9 cm³/mol. The van der Waals surface area contributed by atoms with Crippen molar-refractivity contribution in [3.05, 3.63) is 23.6 Å². The van der Waals surface area contributed by atoms with Crippen molar-refractivity contribution in [3.8, 4) is 0 Å². The van der Waals surface area contributed by atoms with Crippen LogP contribution in [0.4, 0.5) is 19.0 Å². The Morgan fingerprint density at radius 3 is 2.79 bits per heavy atom. The van der Waals surface area contributed by atoms with Crippen LogP contribution in [-0.2, 0) is 0 Å². The minimum absolute atomic E-state index is 0.0434. The number of alkyl halides is 2. The van der Waals surface area contributed by atoms with Crippen LogP contribution in [0.5, 0.6) is 0 Å². The number of carbonyl (C=O) groups excluding carboxylic acids is 1. The number of pyridine rings is 1. The molecule has 106 valence electrons. The molecule has 0 aliphatic rings. The number of halogens is 3. The molecule has 0 bridgehead atoms. The molecule has 1 aromatic rings. The first-order valence-electron chi connectivity index (χ1n) is 5.89. The third-order valence-electron chi connectivity index (χ3n) is 2.42. The van der Waals surface area contributed by atoms with Crippen molar-refractivity contribution in [2.24, 2.45) is 0 Å². The van der Waals surface area contributed by atoms with E-state index in [1.165, 1.54) is 19.3 Å². The van der Waals surface area contributed by atoms with Gasteiger partial charge < -0.3 is 10.2 Å². The van der Waals surface area contributed by atoms with E-state index in [1.54, 1.807) is 0 Å². The highest BCUT2D eigenvalue weighted by molar-refractivity contribution is 5.95. The van der Waals surface area contributed by atoms with E-state index >= 15 is 0 Å². The predicted octanol–water partition coefficient (Wildman–Crippen LogP) is 2.38. The number of amides is 1. The fourth-order valence-electron chi connectivity index (χ4n) is 1.47. The summed E-state index contributed by atoms with van der Waals surface area (Å²) in [7, 11) is 1.20. The first-order valence-corrected chi connectivity index (χ1v) is 5.89. The summed E-state index contributed by atoms with van der Waals surface area (Å²) in [5.41, 5.74) is -0.267. The second-order valence-corrected chi connectivity index (χ2v) is 4.02. The summed E-state index contributed by atoms with van der Waals surface area (Å²) < 4.78 is 38.4. The van der Waals surface area contributed by atoms with Crippen LogP contribution in [0.3, 0.4) is 0 Å². The topological polar surface area (TPSA) is 45.2 Å². The lowest BCUT2D eigenvalue weighted by Crippen LogP contribution is -2.32. The van der Waals surface area contributed by atoms with Gasteiger partial charge in [0.25, 0.3) is 12.3 Å². The van der Waals surface area contributed by atoms with Gasteiger partial charge in [-0.15, -0.1) is 0 Å². The number of nitrogens with one attached hydrogen (secondary N) is 1. The van der Waals surface area contributed by atoms with Crippen LogP contribution < -0.4 is 5.32 Å². The van der Waals surface area contributed by atoms with Crippen LogP contribution in [0, 0.1) is 5.82 Å². The highest BCUT2D eigenvalue weighted by Crippen LogP contribution is 2.17. The Kier molecular flexibility index (Phi) is 5.59. The number of nitrogens with zero attached hydrogens (tertiary/aromatic N) is 2. The number of aromatic nitrogens is 1. The van der Waals surface area contributed by atoms with Crippen LogP contribution >= 0.6 is 0 Å². The summed E-state index contributed by atoms with van der Waals surface area (Å²) in [6.07, 6.45) is -0.619. The summed E-state index contributed by atoms with van der Waals surface area (Å²) >= 11 is 0. The Morgan fingerprint density at radius 2 is 2.21 bits per heavy atom. The zero-order chi connectivity index (χ0) is 14.4. The molecule has 4 nitrogen and oxygen atoms in total. The maximum Gasteiger partial charge on any atom is 0.256 e. The van der Waals surface area contributed by atoms with E-state index in [4.69, 9.17) is 0 Å². The summed E-state index contributed by atoms with van der Waals surface area (Å²) in [6, 6.07) is 1.18. The van der Waals surface area contributed by atoms with Crippen LogP contribution in [0.2, 0.25) is 0 Å². The number of anilines is 1. The number of hydrogen-bond donors (Lipinski definition) is 1. The number of rotatable bonds is 6. The zero-order valence-corrected chi connectivity index (χ0v) is 10.8. The van der Waals surface area contributed by atoms with Crippen molar-refractivity contribution in [2.45, 2.75) is 19.8 Å². The van der Waals surface area contributed by atoms with E-state index in [2.05, 4.69) is 10.3 Å². The van der Waals surface area contributed by atoms with Gasteiger partial charge in [0.15, 0.2) is 11.6 Å². The van der Waals surface area contributed by atoms with Crippen LogP contribution in [0.1, 0.15) is 23.7 Å². The molecule has 7 heteroatoms. The van der Waals surface area contributed by atoms with Crippen molar-refractivity contribution in [3.63, 3.8) is 0 Å². The molecule has 1 aromatic heterocycles. The highest BCUT2D eigenvalue weighted by Gasteiger charge is 2.21. The third-order valence-corrected chi connectivity index (χ3v) is 2.42. The Hall–Kier alpha value is -1.79. The Balaban J connectivity index is 2.91. The molecule has 1 heterocycles. The molecule has 1 N–H and O–H groups in total. The van der Waals surface area contributed by atoms with E-state index in [9.17, 15) is 18.0 Å². The number of hydrogen-bond acceptors (Lipinski definition) is 3. The molecule has 0 radical (unpaired) electrons. The second kappa shape index (κ2) is 6.96. The van der Waals surface area contributed by atoms with Crippen LogP contribution in [0.25, 0.3) is 0 Å². The number of carbonyl (C=O) groups is 1. The standard InChI is InChI=1S/C12H16F3N3O/c1-3-5-16-11-10(15)8(4-6-17-11)12(19)18(2)7-9(13)14/h4,6,9H,3,5,7H2,1-2H3,(H,16,17). The van der Waals surface area contributed by atoms with Gasteiger partial charge in [-0.3, -0.25) is 4.79 Å². The van der Waals surface area contributed by atoms with Gasteiger partial charge in [-0.25, -0.2) is 18.2 Å². The fourth-order valence-corrected chi connectivity index (χ4v) is 1.47. The van der Waals surface area contributed by atoms with E-state index in [0.29, 0.717) is 6.54 Å². The minimum Gasteiger partial charge on any atom is -0.368 e. The Morgan fingerprint density at radius 1 is 1.53 bits per heavy atom. The smallest absolute Gasteiger partial charge is 0.256 e. The lowest BCUT2D eigenvalue weighted by Gasteiger charge is -2.17. The lowest BCUT2D eigenvalue weighted by molar-refractivity contribution is 0.0616. The Bertz CT molecular complexity index is 440. The van der Waals surface area contributed by atoms with Gasteiger partial charge >= 0.3 is 0 Å². The van der Waals surface area contributed by atoms with Crippen molar-refractivity contribution >= 4 is 11.7 Å². The molecular weight excluding hydrogens is 259 g/mol. The van der Waals surface area contributed by atoms with Gasteiger partial charge in [-0.2, -0.15) is 0 Å². The van der Waals surface area contributed by atoms with Crippen molar-refractivity contribution in [2.75, 3.05) is 25.5 Å². The molecule has 0 unspecified atom stereocenters. The first kappa shape index (κ1) is 15.3. The SMILES string of the molecule is CCCNc1nccc(C(=O)N(C)CC(F)F)c1F. The Labute approximate surface area is 109 Å². The molecule has 19 heavy (non-hydrogen) atoms. The van der Waals surface area contributed by atoms with Crippen molar-refractivity contribution in [1.82, 2.24) is 9.88 Å². The largest absolute Gasteiger partial charge is 0.368 e. The molecule has 1 amide bonds. The summed E-state index contributed by atoms with van der Waals surface area (Å²) in [6.45, 7) is 1.67. The molecule has 0 atom stereocenters. The van der Waals surface area contributed by atoms with Gasteiger partial charge in [-0.05, 0) is 12.5 Å². The molecule has 0 aliphatic heterocycles. The van der Waals surface area contributed by atoms with E-state index in [-0.39, 0.29) is 11.4 Å². The van der Waals surface area contributed by atoms with Gasteiger partial charge in [0.2, 0.25) is 0 Å². The molecule has 0 spiro atoms. The van der Waals surface area contributed by atoms with Gasteiger partial charge in [-0.1, -0.05) is 6.92 Å². The molecular formula is C12H16F3N3O. The van der Waals surface area contributed by atoms with Crippen LogP contribution in [-0.4, -0.2) is 42.4 Å². The average Bonchev–Trinajstić information content (AvgIpc) is 2.36. The average molecular weight is 275 g/mol. The van der Waals surface area contributed by atoms with Gasteiger partial charge in [0, 0.05) is 19.8 Å². The normalized spacial score (nSPS) is 10.6. The molecule has 0 aromatic carbocycles. The van der Waals surface area contributed by atoms with Crippen LogP contribution in [0.15, 0.2) is 12.3 Å². The van der Waals surface area contributed by atoms with Gasteiger partial charge in [0.1, 0.15) is 0 Å². The summed E-state index contributed by atoms with van der Waals surface area (Å²) in [4.78, 5) is 16.4. The quantitative estimate of drug-likeness (QED) is 0.867. The second-order valence-electron chi connectivity index (χ2n) is 4.02. The van der Waals surface area contributed by atoms with E-state index < -0.39 is 24.7 Å². The zero-order valence-electron chi connectivity index (χ0n) is 10.8. The lowest BCUT2D eigenvalue weighted by atomic mass is 10.2.